The molecule has 0 aliphatic carbocycles. The fraction of sp³-hybridized carbons (Fsp3) is 0.0667. The fourth-order valence-electron chi connectivity index (χ4n) is 1.74. The first-order valence-electron chi connectivity index (χ1n) is 6.30. The number of carbonyl (C=O) groups is 1. The molecule has 2 rings (SSSR count). The van der Waals surface area contributed by atoms with E-state index in [2.05, 4.69) is 26.5 Å². The van der Waals surface area contributed by atoms with E-state index < -0.39 is 5.91 Å². The summed E-state index contributed by atoms with van der Waals surface area (Å²) in [6.45, 7) is 0. The molecule has 0 spiro atoms. The molecule has 0 aliphatic rings. The average Bonchev–Trinajstić information content (AvgIpc) is 2.52. The van der Waals surface area contributed by atoms with E-state index in [0.717, 1.165) is 0 Å². The van der Waals surface area contributed by atoms with Crippen LogP contribution in [0.15, 0.2) is 39.9 Å². The lowest BCUT2D eigenvalue weighted by Crippen LogP contribution is -2.17. The van der Waals surface area contributed by atoms with Crippen LogP contribution in [0.1, 0.15) is 15.9 Å². The molecule has 0 radical (unpaired) electrons. The summed E-state index contributed by atoms with van der Waals surface area (Å²) in [5.41, 5.74) is 2.89. The Bertz CT molecular complexity index is 780. The van der Waals surface area contributed by atoms with Gasteiger partial charge in [-0.1, -0.05) is 27.5 Å². The summed E-state index contributed by atoms with van der Waals surface area (Å²) < 4.78 is 5.62. The molecule has 0 saturated heterocycles. The number of hydrogen-bond donors (Lipinski definition) is 3. The third-order valence-corrected chi connectivity index (χ3v) is 3.63. The van der Waals surface area contributed by atoms with E-state index in [4.69, 9.17) is 16.3 Å². The van der Waals surface area contributed by atoms with Gasteiger partial charge in [0.25, 0.3) is 5.91 Å². The maximum atomic E-state index is 12.0. The Morgan fingerprint density at radius 1 is 1.35 bits per heavy atom. The lowest BCUT2D eigenvalue weighted by Gasteiger charge is -2.06. The van der Waals surface area contributed by atoms with Crippen molar-refractivity contribution in [1.29, 1.82) is 0 Å². The third-order valence-electron chi connectivity index (χ3n) is 2.85. The molecule has 0 atom stereocenters. The molecular weight excluding hydrogens is 388 g/mol. The Hall–Kier alpha value is -2.25. The molecule has 120 valence electrons. The highest BCUT2D eigenvalue weighted by Gasteiger charge is 2.11. The van der Waals surface area contributed by atoms with Gasteiger partial charge >= 0.3 is 0 Å². The second-order valence-corrected chi connectivity index (χ2v) is 5.74. The number of ether oxygens (including phenoxy) is 1. The standard InChI is InChI=1S/C15H12BrClN2O4/c1-23-13-5-8(4-11(17)14(13)21)7-18-19-15(22)10-6-9(16)2-3-12(10)20/h2-7,20-21H,1H3,(H,19,22)/b18-7-. The number of phenolic OH excluding ortho intramolecular Hbond substituents is 2. The molecule has 0 fully saturated rings. The quantitative estimate of drug-likeness (QED) is 0.543. The van der Waals surface area contributed by atoms with Gasteiger partial charge < -0.3 is 14.9 Å². The molecule has 2 aromatic rings. The number of nitrogens with zero attached hydrogens (tertiary/aromatic N) is 1. The molecule has 1 amide bonds. The van der Waals surface area contributed by atoms with Crippen molar-refractivity contribution in [2.75, 3.05) is 7.11 Å². The van der Waals surface area contributed by atoms with Gasteiger partial charge in [0.2, 0.25) is 0 Å². The van der Waals surface area contributed by atoms with Gasteiger partial charge in [-0.05, 0) is 35.9 Å². The molecule has 0 aromatic heterocycles. The zero-order chi connectivity index (χ0) is 17.0. The van der Waals surface area contributed by atoms with Crippen molar-refractivity contribution in [3.8, 4) is 17.2 Å². The molecule has 3 N–H and O–H groups in total. The van der Waals surface area contributed by atoms with Crippen molar-refractivity contribution in [3.63, 3.8) is 0 Å². The number of amides is 1. The first-order chi connectivity index (χ1) is 10.9. The molecule has 0 unspecified atom stereocenters. The summed E-state index contributed by atoms with van der Waals surface area (Å²) in [6.07, 6.45) is 1.33. The van der Waals surface area contributed by atoms with Crippen molar-refractivity contribution in [3.05, 3.63) is 51.0 Å². The van der Waals surface area contributed by atoms with Gasteiger partial charge in [-0.25, -0.2) is 5.43 Å². The molecule has 0 bridgehead atoms. The molecular formula is C15H12BrClN2O4. The topological polar surface area (TPSA) is 91.2 Å². The Kier molecular flexibility index (Phi) is 5.46. The maximum absolute atomic E-state index is 12.0. The van der Waals surface area contributed by atoms with Crippen molar-refractivity contribution >= 4 is 39.7 Å². The number of halogens is 2. The zero-order valence-electron chi connectivity index (χ0n) is 11.9. The van der Waals surface area contributed by atoms with Crippen LogP contribution in [-0.2, 0) is 0 Å². The molecule has 0 heterocycles. The second-order valence-electron chi connectivity index (χ2n) is 4.41. The average molecular weight is 400 g/mol. The van der Waals surface area contributed by atoms with Crippen molar-refractivity contribution < 1.29 is 19.7 Å². The van der Waals surface area contributed by atoms with Crippen molar-refractivity contribution in [2.45, 2.75) is 0 Å². The normalized spacial score (nSPS) is 10.7. The summed E-state index contributed by atoms with van der Waals surface area (Å²) >= 11 is 9.07. The minimum Gasteiger partial charge on any atom is -0.507 e. The molecule has 8 heteroatoms. The predicted octanol–water partition coefficient (Wildman–Crippen LogP) is 3.29. The second kappa shape index (κ2) is 7.34. The van der Waals surface area contributed by atoms with Gasteiger partial charge in [0.15, 0.2) is 11.5 Å². The molecule has 23 heavy (non-hydrogen) atoms. The molecule has 6 nitrogen and oxygen atoms in total. The smallest absolute Gasteiger partial charge is 0.275 e. The maximum Gasteiger partial charge on any atom is 0.275 e. The van der Waals surface area contributed by atoms with Gasteiger partial charge in [-0.2, -0.15) is 5.10 Å². The number of methoxy groups -OCH3 is 1. The predicted molar refractivity (Wildman–Crippen MR) is 90.5 cm³/mol. The SMILES string of the molecule is COc1cc(/C=N\NC(=O)c2cc(Br)ccc2O)cc(Cl)c1O. The van der Waals surface area contributed by atoms with Crippen LogP contribution in [0.25, 0.3) is 0 Å². The monoisotopic (exact) mass is 398 g/mol. The fourth-order valence-corrected chi connectivity index (χ4v) is 2.32. The van der Waals surface area contributed by atoms with E-state index in [9.17, 15) is 15.0 Å². The number of phenols is 2. The highest BCUT2D eigenvalue weighted by Crippen LogP contribution is 2.34. The molecule has 2 aromatic carbocycles. The van der Waals surface area contributed by atoms with Crippen LogP contribution in [0.2, 0.25) is 5.02 Å². The Labute approximate surface area is 145 Å². The van der Waals surface area contributed by atoms with Gasteiger partial charge in [-0.3, -0.25) is 4.79 Å². The summed E-state index contributed by atoms with van der Waals surface area (Å²) in [7, 11) is 1.39. The number of aromatic hydroxyl groups is 2. The van der Waals surface area contributed by atoms with E-state index in [0.29, 0.717) is 10.0 Å². The van der Waals surface area contributed by atoms with Crippen LogP contribution in [0, 0.1) is 0 Å². The zero-order valence-corrected chi connectivity index (χ0v) is 14.2. The Morgan fingerprint density at radius 3 is 2.78 bits per heavy atom. The van der Waals surface area contributed by atoms with Crippen LogP contribution >= 0.6 is 27.5 Å². The van der Waals surface area contributed by atoms with Gasteiger partial charge in [-0.15, -0.1) is 0 Å². The first-order valence-corrected chi connectivity index (χ1v) is 7.48. The van der Waals surface area contributed by atoms with E-state index >= 15 is 0 Å². The highest BCUT2D eigenvalue weighted by molar-refractivity contribution is 9.10. The lowest BCUT2D eigenvalue weighted by atomic mass is 10.2. The van der Waals surface area contributed by atoms with Gasteiger partial charge in [0.05, 0.1) is 23.9 Å². The number of carbonyl (C=O) groups excluding carboxylic acids is 1. The number of rotatable bonds is 4. The first kappa shape index (κ1) is 17.1. The summed E-state index contributed by atoms with van der Waals surface area (Å²) in [5, 5.41) is 23.2. The number of hydrogen-bond acceptors (Lipinski definition) is 5. The largest absolute Gasteiger partial charge is 0.507 e. The van der Waals surface area contributed by atoms with Crippen LogP contribution < -0.4 is 10.2 Å². The molecule has 0 saturated carbocycles. The summed E-state index contributed by atoms with van der Waals surface area (Å²) in [5.74, 6) is -0.712. The summed E-state index contributed by atoms with van der Waals surface area (Å²) in [6, 6.07) is 7.45. The Morgan fingerprint density at radius 2 is 2.09 bits per heavy atom. The number of hydrazone groups is 1. The minimum absolute atomic E-state index is 0.0813. The van der Waals surface area contributed by atoms with Gasteiger partial charge in [0.1, 0.15) is 5.75 Å². The van der Waals surface area contributed by atoms with Crippen LogP contribution in [-0.4, -0.2) is 29.4 Å². The van der Waals surface area contributed by atoms with Gasteiger partial charge in [0, 0.05) is 4.47 Å². The third kappa shape index (κ3) is 4.14. The summed E-state index contributed by atoms with van der Waals surface area (Å²) in [4.78, 5) is 12.0. The van der Waals surface area contributed by atoms with E-state index in [1.54, 1.807) is 6.07 Å². The van der Waals surface area contributed by atoms with Crippen molar-refractivity contribution in [1.82, 2.24) is 5.43 Å². The minimum atomic E-state index is -0.572. The van der Waals surface area contributed by atoms with Crippen LogP contribution in [0.5, 0.6) is 17.2 Å². The lowest BCUT2D eigenvalue weighted by molar-refractivity contribution is 0.0952. The number of benzene rings is 2. The number of nitrogens with one attached hydrogen (secondary N) is 1. The van der Waals surface area contributed by atoms with Crippen LogP contribution in [0.3, 0.4) is 0 Å². The van der Waals surface area contributed by atoms with Crippen LogP contribution in [0.4, 0.5) is 0 Å². The Balaban J connectivity index is 2.14. The highest BCUT2D eigenvalue weighted by atomic mass is 79.9. The van der Waals surface area contributed by atoms with E-state index in [1.807, 2.05) is 0 Å². The van der Waals surface area contributed by atoms with E-state index in [-0.39, 0.29) is 27.8 Å². The van der Waals surface area contributed by atoms with E-state index in [1.165, 1.54) is 37.6 Å². The molecule has 0 aliphatic heterocycles. The van der Waals surface area contributed by atoms with Crippen molar-refractivity contribution in [2.24, 2.45) is 5.10 Å².